The first-order valence-electron chi connectivity index (χ1n) is 8.60. The van der Waals surface area contributed by atoms with E-state index in [2.05, 4.69) is 30.0 Å². The molecule has 0 fully saturated rings. The average molecular weight is 437 g/mol. The topological polar surface area (TPSA) is 104 Å². The van der Waals surface area contributed by atoms with Crippen molar-refractivity contribution < 1.29 is 26.7 Å². The fraction of sp³-hybridized carbons (Fsp3) is 0.111. The van der Waals surface area contributed by atoms with Crippen molar-refractivity contribution in [3.05, 3.63) is 54.1 Å². The quantitative estimate of drug-likeness (QED) is 0.436. The molecule has 0 saturated heterocycles. The minimum Gasteiger partial charge on any atom is -0.432 e. The first-order valence-corrected chi connectivity index (χ1v) is 8.60. The van der Waals surface area contributed by atoms with Crippen molar-refractivity contribution in [1.29, 1.82) is 0 Å². The summed E-state index contributed by atoms with van der Waals surface area (Å²) in [5.74, 6) is -3.04. The van der Waals surface area contributed by atoms with Gasteiger partial charge in [-0.25, -0.2) is 18.2 Å². The van der Waals surface area contributed by atoms with Crippen LogP contribution in [0.2, 0.25) is 0 Å². The van der Waals surface area contributed by atoms with Crippen LogP contribution in [0.1, 0.15) is 12.2 Å². The van der Waals surface area contributed by atoms with Gasteiger partial charge in [0, 0.05) is 11.8 Å². The van der Waals surface area contributed by atoms with E-state index in [1.807, 2.05) is 0 Å². The van der Waals surface area contributed by atoms with Crippen LogP contribution >= 0.6 is 0 Å². The predicted octanol–water partition coefficient (Wildman–Crippen LogP) is 4.21. The zero-order chi connectivity index (χ0) is 22.1. The number of benzene rings is 2. The predicted molar refractivity (Wildman–Crippen MR) is 100 cm³/mol. The van der Waals surface area contributed by atoms with Crippen LogP contribution in [0.25, 0.3) is 17.0 Å². The molecule has 2 heterocycles. The smallest absolute Gasteiger partial charge is 0.387 e. The van der Waals surface area contributed by atoms with E-state index in [1.54, 1.807) is 24.3 Å². The molecule has 13 heteroatoms. The second-order valence-electron chi connectivity index (χ2n) is 6.06. The van der Waals surface area contributed by atoms with Gasteiger partial charge in [0.1, 0.15) is 0 Å². The summed E-state index contributed by atoms with van der Waals surface area (Å²) < 4.78 is 70.7. The summed E-state index contributed by atoms with van der Waals surface area (Å²) in [6, 6.07) is 9.45. The van der Waals surface area contributed by atoms with E-state index in [0.717, 1.165) is 16.7 Å². The van der Waals surface area contributed by atoms with E-state index in [1.165, 1.54) is 6.07 Å². The molecule has 0 atom stereocenters. The molecule has 0 saturated carbocycles. The number of rotatable bonds is 6. The second-order valence-corrected chi connectivity index (χ2v) is 6.06. The number of para-hydroxylation sites is 2. The van der Waals surface area contributed by atoms with Gasteiger partial charge in [-0.15, -0.1) is 0 Å². The molecular weight excluding hydrogens is 425 g/mol. The van der Waals surface area contributed by atoms with Gasteiger partial charge in [-0.05, 0) is 24.3 Å². The molecule has 0 bridgehead atoms. The number of imidazole rings is 1. The number of alkyl halides is 4. The van der Waals surface area contributed by atoms with Crippen molar-refractivity contribution in [3.8, 4) is 11.7 Å². The number of fused-ring (bicyclic) bond motifs is 1. The van der Waals surface area contributed by atoms with Gasteiger partial charge in [-0.2, -0.15) is 23.7 Å². The summed E-state index contributed by atoms with van der Waals surface area (Å²) in [6.45, 7) is -3.19. The standard InChI is InChI=1S/C18H12F5N7O/c19-9-7-8(5-6-12(9)31-15(22)23)25-17-27-16(24)28-18(29-17)30-11-4-2-1-3-10(11)26-14(30)13(20)21/h1-7,13,15H,(H3,24,25,27,28,29). The number of nitrogen functional groups attached to an aromatic ring is 1. The number of hydrogen-bond donors (Lipinski definition) is 2. The summed E-state index contributed by atoms with van der Waals surface area (Å²) in [5, 5.41) is 2.62. The monoisotopic (exact) mass is 437 g/mol. The normalized spacial score (nSPS) is 11.5. The number of ether oxygens (including phenoxy) is 1. The van der Waals surface area contributed by atoms with Crippen LogP contribution < -0.4 is 15.8 Å². The summed E-state index contributed by atoms with van der Waals surface area (Å²) >= 11 is 0. The van der Waals surface area contributed by atoms with Gasteiger partial charge in [0.25, 0.3) is 6.43 Å². The van der Waals surface area contributed by atoms with Crippen molar-refractivity contribution >= 4 is 28.6 Å². The van der Waals surface area contributed by atoms with Crippen LogP contribution in [-0.4, -0.2) is 31.1 Å². The number of nitrogens with zero attached hydrogens (tertiary/aromatic N) is 5. The lowest BCUT2D eigenvalue weighted by Gasteiger charge is -2.11. The van der Waals surface area contributed by atoms with Crippen LogP contribution in [0.5, 0.6) is 5.75 Å². The molecule has 0 unspecified atom stereocenters. The van der Waals surface area contributed by atoms with E-state index >= 15 is 0 Å². The first-order chi connectivity index (χ1) is 14.8. The highest BCUT2D eigenvalue weighted by Gasteiger charge is 2.22. The zero-order valence-corrected chi connectivity index (χ0v) is 15.3. The highest BCUT2D eigenvalue weighted by atomic mass is 19.3. The van der Waals surface area contributed by atoms with Crippen LogP contribution in [-0.2, 0) is 0 Å². The molecule has 2 aromatic heterocycles. The van der Waals surface area contributed by atoms with Gasteiger partial charge in [0.05, 0.1) is 11.0 Å². The molecule has 0 amide bonds. The Balaban J connectivity index is 1.73. The molecule has 4 aromatic rings. The molecule has 2 aromatic carbocycles. The van der Waals surface area contributed by atoms with E-state index in [9.17, 15) is 22.0 Å². The Kier molecular flexibility index (Phi) is 5.23. The number of nitrogens with one attached hydrogen (secondary N) is 1. The minimum absolute atomic E-state index is 0.0697. The highest BCUT2D eigenvalue weighted by Crippen LogP contribution is 2.28. The maximum Gasteiger partial charge on any atom is 0.387 e. The number of anilines is 3. The fourth-order valence-electron chi connectivity index (χ4n) is 2.84. The summed E-state index contributed by atoms with van der Waals surface area (Å²) in [7, 11) is 0. The Morgan fingerprint density at radius 1 is 0.968 bits per heavy atom. The lowest BCUT2D eigenvalue weighted by molar-refractivity contribution is -0.0521. The van der Waals surface area contributed by atoms with E-state index in [-0.39, 0.29) is 23.5 Å². The van der Waals surface area contributed by atoms with Gasteiger partial charge in [0.2, 0.25) is 17.8 Å². The highest BCUT2D eigenvalue weighted by molar-refractivity contribution is 5.77. The molecule has 3 N–H and O–H groups in total. The number of hydrogen-bond acceptors (Lipinski definition) is 7. The van der Waals surface area contributed by atoms with Crippen LogP contribution in [0.15, 0.2) is 42.5 Å². The summed E-state index contributed by atoms with van der Waals surface area (Å²) in [4.78, 5) is 15.7. The Hall–Kier alpha value is -4.03. The van der Waals surface area contributed by atoms with E-state index < -0.39 is 30.4 Å². The maximum absolute atomic E-state index is 13.9. The lowest BCUT2D eigenvalue weighted by Crippen LogP contribution is -2.11. The Morgan fingerprint density at radius 2 is 1.74 bits per heavy atom. The largest absolute Gasteiger partial charge is 0.432 e. The molecule has 0 spiro atoms. The molecular formula is C18H12F5N7O. The third kappa shape index (κ3) is 4.15. The molecule has 0 aliphatic heterocycles. The van der Waals surface area contributed by atoms with Gasteiger partial charge in [-0.1, -0.05) is 12.1 Å². The second kappa shape index (κ2) is 8.01. The fourth-order valence-corrected chi connectivity index (χ4v) is 2.84. The van der Waals surface area contributed by atoms with Crippen LogP contribution in [0.4, 0.5) is 39.5 Å². The van der Waals surface area contributed by atoms with Crippen LogP contribution in [0.3, 0.4) is 0 Å². The van der Waals surface area contributed by atoms with Crippen LogP contribution in [0, 0.1) is 5.82 Å². The Morgan fingerprint density at radius 3 is 2.45 bits per heavy atom. The molecule has 0 aliphatic rings. The molecule has 4 rings (SSSR count). The molecule has 0 aliphatic carbocycles. The van der Waals surface area contributed by atoms with Gasteiger partial charge < -0.3 is 15.8 Å². The molecule has 0 radical (unpaired) electrons. The van der Waals surface area contributed by atoms with Crippen molar-refractivity contribution in [2.24, 2.45) is 0 Å². The van der Waals surface area contributed by atoms with Gasteiger partial charge in [0.15, 0.2) is 17.4 Å². The van der Waals surface area contributed by atoms with Crippen molar-refractivity contribution in [2.45, 2.75) is 13.0 Å². The van der Waals surface area contributed by atoms with E-state index in [4.69, 9.17) is 5.73 Å². The number of aromatic nitrogens is 5. The molecule has 31 heavy (non-hydrogen) atoms. The van der Waals surface area contributed by atoms with E-state index in [0.29, 0.717) is 11.0 Å². The lowest BCUT2D eigenvalue weighted by atomic mass is 10.3. The average Bonchev–Trinajstić information content (AvgIpc) is 3.09. The SMILES string of the molecule is Nc1nc(Nc2ccc(OC(F)F)c(F)c2)nc(-n2c(C(F)F)nc3ccccc32)n1. The minimum atomic E-state index is -3.19. The third-order valence-corrected chi connectivity index (χ3v) is 4.03. The summed E-state index contributed by atoms with van der Waals surface area (Å²) in [5.41, 5.74) is 6.38. The third-order valence-electron chi connectivity index (χ3n) is 4.03. The number of nitrogens with two attached hydrogens (primary N) is 1. The maximum atomic E-state index is 13.9. The van der Waals surface area contributed by atoms with Crippen molar-refractivity contribution in [2.75, 3.05) is 11.1 Å². The Bertz CT molecular complexity index is 1250. The Labute approximate surface area is 170 Å². The number of halogens is 5. The van der Waals surface area contributed by atoms with Crippen molar-refractivity contribution in [1.82, 2.24) is 24.5 Å². The first kappa shape index (κ1) is 20.3. The van der Waals surface area contributed by atoms with Crippen molar-refractivity contribution in [3.63, 3.8) is 0 Å². The zero-order valence-electron chi connectivity index (χ0n) is 15.3. The van der Waals surface area contributed by atoms with Gasteiger partial charge in [-0.3, -0.25) is 4.57 Å². The molecule has 8 nitrogen and oxygen atoms in total. The molecule has 160 valence electrons. The van der Waals surface area contributed by atoms with Gasteiger partial charge >= 0.3 is 6.61 Å². The summed E-state index contributed by atoms with van der Waals surface area (Å²) in [6.07, 6.45) is -2.93.